The van der Waals surface area contributed by atoms with Crippen molar-refractivity contribution in [2.24, 2.45) is 5.92 Å². The van der Waals surface area contributed by atoms with Crippen LogP contribution in [0.3, 0.4) is 0 Å². The van der Waals surface area contributed by atoms with Gasteiger partial charge in [-0.3, -0.25) is 0 Å². The molecule has 2 bridgehead atoms. The van der Waals surface area contributed by atoms with Gasteiger partial charge in [-0.05, 0) is 37.3 Å². The fourth-order valence-electron chi connectivity index (χ4n) is 3.60. The van der Waals surface area contributed by atoms with Crippen LogP contribution in [0.2, 0.25) is 5.02 Å². The maximum absolute atomic E-state index is 11.9. The molecule has 170 valence electrons. The van der Waals surface area contributed by atoms with Gasteiger partial charge in [-0.2, -0.15) is 0 Å². The van der Waals surface area contributed by atoms with E-state index in [1.165, 1.54) is 0 Å². The highest BCUT2D eigenvalue weighted by Crippen LogP contribution is 2.46. The van der Waals surface area contributed by atoms with E-state index in [0.29, 0.717) is 37.0 Å². The zero-order chi connectivity index (χ0) is 22.3. The zero-order valence-electron chi connectivity index (χ0n) is 17.8. The van der Waals surface area contributed by atoms with Gasteiger partial charge in [0.05, 0.1) is 5.92 Å². The minimum atomic E-state index is -0.733. The van der Waals surface area contributed by atoms with E-state index in [0.717, 1.165) is 17.9 Å². The first-order valence-electron chi connectivity index (χ1n) is 10.5. The average Bonchev–Trinajstić information content (AvgIpc) is 2.98. The van der Waals surface area contributed by atoms with Gasteiger partial charge in [-0.1, -0.05) is 17.7 Å². The van der Waals surface area contributed by atoms with Gasteiger partial charge in [-0.25, -0.2) is 4.79 Å². The van der Waals surface area contributed by atoms with Crippen LogP contribution in [0.25, 0.3) is 0 Å². The third kappa shape index (κ3) is 6.61. The van der Waals surface area contributed by atoms with Gasteiger partial charge in [0.1, 0.15) is 24.2 Å². The third-order valence-electron chi connectivity index (χ3n) is 5.07. The molecular formula is C22H30ClN3O5. The number of halogens is 1. The molecule has 0 saturated carbocycles. The Labute approximate surface area is 187 Å². The summed E-state index contributed by atoms with van der Waals surface area (Å²) < 4.78 is 17.5. The monoisotopic (exact) mass is 451 g/mol. The molecule has 3 rings (SSSR count). The minimum Gasteiger partial charge on any atom is -0.495 e. The summed E-state index contributed by atoms with van der Waals surface area (Å²) in [5.74, 6) is 0.900. The van der Waals surface area contributed by atoms with E-state index in [1.807, 2.05) is 26.0 Å². The Morgan fingerprint density at radius 2 is 2.23 bits per heavy atom. The lowest BCUT2D eigenvalue weighted by molar-refractivity contribution is -0.201. The molecule has 1 aromatic carbocycles. The predicted molar refractivity (Wildman–Crippen MR) is 119 cm³/mol. The van der Waals surface area contributed by atoms with Gasteiger partial charge >= 0.3 is 6.03 Å². The SMILES string of the molecule is CCOC1(C)OC2=CC=C(OCC(O)CNCCNC(=O)Nc3cccc(Cl)c3)[C@H]1C2. The summed E-state index contributed by atoms with van der Waals surface area (Å²) in [5, 5.41) is 19.3. The number of nitrogens with one attached hydrogen (secondary N) is 3. The Morgan fingerprint density at radius 3 is 3.00 bits per heavy atom. The number of allylic oxidation sites excluding steroid dienone is 3. The van der Waals surface area contributed by atoms with Crippen LogP contribution in [0, 0.1) is 5.92 Å². The van der Waals surface area contributed by atoms with E-state index in [4.69, 9.17) is 25.8 Å². The molecule has 0 spiro atoms. The summed E-state index contributed by atoms with van der Waals surface area (Å²) in [6.45, 7) is 5.81. The van der Waals surface area contributed by atoms with Crippen LogP contribution in [0.4, 0.5) is 10.5 Å². The summed E-state index contributed by atoms with van der Waals surface area (Å²) in [6, 6.07) is 6.61. The van der Waals surface area contributed by atoms with Gasteiger partial charge in [0.25, 0.3) is 0 Å². The van der Waals surface area contributed by atoms with Gasteiger partial charge in [0.2, 0.25) is 5.79 Å². The third-order valence-corrected chi connectivity index (χ3v) is 5.31. The lowest BCUT2D eigenvalue weighted by Crippen LogP contribution is -2.39. The number of urea groups is 1. The standard InChI is InChI=1S/C22H30ClN3O5/c1-3-30-22(2)19-12-18(31-22)7-8-20(19)29-14-17(27)13-24-9-10-25-21(28)26-16-6-4-5-15(23)11-16/h4-8,11,17,19,24,27H,3,9-10,12-14H2,1-2H3,(H2,25,26,28)/t17?,19-,22?/m1/s1. The van der Waals surface area contributed by atoms with E-state index < -0.39 is 11.9 Å². The van der Waals surface area contributed by atoms with Crippen LogP contribution >= 0.6 is 11.6 Å². The van der Waals surface area contributed by atoms with Crippen molar-refractivity contribution in [1.82, 2.24) is 10.6 Å². The lowest BCUT2D eigenvalue weighted by atomic mass is 9.93. The van der Waals surface area contributed by atoms with Crippen LogP contribution in [-0.2, 0) is 14.2 Å². The first-order valence-corrected chi connectivity index (χ1v) is 10.8. The first-order chi connectivity index (χ1) is 14.9. The summed E-state index contributed by atoms with van der Waals surface area (Å²) in [7, 11) is 0. The molecule has 1 aliphatic heterocycles. The molecule has 2 unspecified atom stereocenters. The van der Waals surface area contributed by atoms with Crippen LogP contribution in [0.15, 0.2) is 47.9 Å². The maximum Gasteiger partial charge on any atom is 0.319 e. The Balaban J connectivity index is 1.30. The summed E-state index contributed by atoms with van der Waals surface area (Å²) >= 11 is 5.89. The number of benzene rings is 1. The molecule has 1 saturated heterocycles. The second-order valence-electron chi connectivity index (χ2n) is 7.57. The Morgan fingerprint density at radius 1 is 1.39 bits per heavy atom. The molecule has 1 aromatic rings. The van der Waals surface area contributed by atoms with Gasteiger partial charge in [0, 0.05) is 50.3 Å². The second-order valence-corrected chi connectivity index (χ2v) is 8.01. The summed E-state index contributed by atoms with van der Waals surface area (Å²) in [6.07, 6.45) is 3.82. The van der Waals surface area contributed by atoms with E-state index in [2.05, 4.69) is 16.0 Å². The number of ether oxygens (including phenoxy) is 3. The Hall–Kier alpha value is -2.26. The number of carbonyl (C=O) groups excluding carboxylic acids is 1. The molecule has 1 fully saturated rings. The lowest BCUT2D eigenvalue weighted by Gasteiger charge is -2.30. The molecule has 1 heterocycles. The van der Waals surface area contributed by atoms with Crippen LogP contribution < -0.4 is 16.0 Å². The smallest absolute Gasteiger partial charge is 0.319 e. The van der Waals surface area contributed by atoms with Crippen molar-refractivity contribution < 1.29 is 24.1 Å². The molecule has 8 nitrogen and oxygen atoms in total. The van der Waals surface area contributed by atoms with Crippen molar-refractivity contribution >= 4 is 23.3 Å². The van der Waals surface area contributed by atoms with Crippen molar-refractivity contribution in [3.8, 4) is 0 Å². The quantitative estimate of drug-likeness (QED) is 0.386. The Kier molecular flexibility index (Phi) is 8.20. The molecule has 2 amide bonds. The van der Waals surface area contributed by atoms with Crippen molar-refractivity contribution in [2.75, 3.05) is 38.2 Å². The molecule has 1 aliphatic carbocycles. The van der Waals surface area contributed by atoms with Crippen LogP contribution in [-0.4, -0.2) is 55.9 Å². The zero-order valence-corrected chi connectivity index (χ0v) is 18.6. The van der Waals surface area contributed by atoms with Gasteiger partial charge < -0.3 is 35.3 Å². The fraction of sp³-hybridized carbons (Fsp3) is 0.500. The summed E-state index contributed by atoms with van der Waals surface area (Å²) in [4.78, 5) is 11.9. The molecule has 2 aliphatic rings. The number of anilines is 1. The molecular weight excluding hydrogens is 422 g/mol. The fourth-order valence-corrected chi connectivity index (χ4v) is 3.79. The topological polar surface area (TPSA) is 101 Å². The number of carbonyl (C=O) groups is 1. The van der Waals surface area contributed by atoms with Crippen molar-refractivity contribution in [3.05, 3.63) is 53.0 Å². The number of fused-ring (bicyclic) bond motifs is 2. The van der Waals surface area contributed by atoms with E-state index >= 15 is 0 Å². The molecule has 0 radical (unpaired) electrons. The number of aliphatic hydroxyl groups excluding tert-OH is 1. The summed E-state index contributed by atoms with van der Waals surface area (Å²) in [5.41, 5.74) is 0.623. The highest BCUT2D eigenvalue weighted by molar-refractivity contribution is 6.30. The largest absolute Gasteiger partial charge is 0.495 e. The number of rotatable bonds is 11. The maximum atomic E-state index is 11.9. The predicted octanol–water partition coefficient (Wildman–Crippen LogP) is 3.00. The van der Waals surface area contributed by atoms with Gasteiger partial charge in [-0.15, -0.1) is 0 Å². The number of hydrogen-bond donors (Lipinski definition) is 4. The molecule has 31 heavy (non-hydrogen) atoms. The van der Waals surface area contributed by atoms with Crippen molar-refractivity contribution in [3.63, 3.8) is 0 Å². The van der Waals surface area contributed by atoms with Crippen LogP contribution in [0.1, 0.15) is 20.3 Å². The highest BCUT2D eigenvalue weighted by Gasteiger charge is 2.48. The first kappa shape index (κ1) is 23.4. The number of hydrogen-bond acceptors (Lipinski definition) is 6. The highest BCUT2D eigenvalue weighted by atomic mass is 35.5. The van der Waals surface area contributed by atoms with Crippen molar-refractivity contribution in [2.45, 2.75) is 32.2 Å². The minimum absolute atomic E-state index is 0.0187. The second kappa shape index (κ2) is 10.9. The van der Waals surface area contributed by atoms with Crippen molar-refractivity contribution in [1.29, 1.82) is 0 Å². The van der Waals surface area contributed by atoms with Gasteiger partial charge in [0.15, 0.2) is 0 Å². The average molecular weight is 452 g/mol. The van der Waals surface area contributed by atoms with E-state index in [1.54, 1.807) is 24.3 Å². The Bertz CT molecular complexity index is 831. The van der Waals surface area contributed by atoms with E-state index in [-0.39, 0.29) is 18.6 Å². The number of amides is 2. The number of aliphatic hydroxyl groups is 1. The van der Waals surface area contributed by atoms with E-state index in [9.17, 15) is 9.90 Å². The molecule has 3 atom stereocenters. The molecule has 0 aromatic heterocycles. The normalized spacial score (nSPS) is 22.8. The molecule has 9 heteroatoms. The molecule has 4 N–H and O–H groups in total. The van der Waals surface area contributed by atoms with Crippen LogP contribution in [0.5, 0.6) is 0 Å².